The molecule has 0 unspecified atom stereocenters. The van der Waals surface area contributed by atoms with Gasteiger partial charge in [0.2, 0.25) is 0 Å². The molecule has 0 aliphatic rings. The molecule has 3 heterocycles. The predicted octanol–water partition coefficient (Wildman–Crippen LogP) is 3.89. The molecule has 0 fully saturated rings. The van der Waals surface area contributed by atoms with Gasteiger partial charge in [-0.2, -0.15) is 5.10 Å². The predicted molar refractivity (Wildman–Crippen MR) is 136 cm³/mol. The number of thiophene rings is 1. The van der Waals surface area contributed by atoms with Crippen LogP contribution >= 0.6 is 11.3 Å². The molecular formula is C25H20N6O4S. The lowest BCUT2D eigenvalue weighted by Gasteiger charge is -2.11. The minimum atomic E-state index is -0.517. The third kappa shape index (κ3) is 4.77. The van der Waals surface area contributed by atoms with Gasteiger partial charge in [0.1, 0.15) is 23.0 Å². The standard InChI is InChI=1S/C25H20N6O4S/c1-16-27-24-22(12-21(36-24)11-17-6-3-2-4-7-17)25(33)30(16)28-23(32)19-9-5-8-18(10-19)14-29-15-20(13-26-29)31(34)35/h2-10,12-13,15H,11,14H2,1H3,(H,28,32). The van der Waals surface area contributed by atoms with Gasteiger partial charge in [0.15, 0.2) is 0 Å². The van der Waals surface area contributed by atoms with Crippen molar-refractivity contribution in [2.45, 2.75) is 19.9 Å². The summed E-state index contributed by atoms with van der Waals surface area (Å²) in [6.45, 7) is 1.92. The molecule has 0 aliphatic heterocycles. The lowest BCUT2D eigenvalue weighted by Crippen LogP contribution is -2.35. The molecule has 0 saturated carbocycles. The maximum absolute atomic E-state index is 13.2. The van der Waals surface area contributed by atoms with Crippen LogP contribution < -0.4 is 11.0 Å². The van der Waals surface area contributed by atoms with Crippen LogP contribution in [0, 0.1) is 17.0 Å². The van der Waals surface area contributed by atoms with Gasteiger partial charge < -0.3 is 0 Å². The normalized spacial score (nSPS) is 11.0. The Kier molecular flexibility index (Phi) is 6.13. The monoisotopic (exact) mass is 500 g/mol. The summed E-state index contributed by atoms with van der Waals surface area (Å²) in [4.78, 5) is 42.7. The minimum absolute atomic E-state index is 0.109. The van der Waals surface area contributed by atoms with E-state index < -0.39 is 10.8 Å². The number of rotatable bonds is 7. The van der Waals surface area contributed by atoms with Gasteiger partial charge in [0.05, 0.1) is 16.9 Å². The first-order chi connectivity index (χ1) is 17.4. The smallest absolute Gasteiger partial charge is 0.267 e. The molecule has 10 nitrogen and oxygen atoms in total. The van der Waals surface area contributed by atoms with Gasteiger partial charge in [-0.15, -0.1) is 11.3 Å². The lowest BCUT2D eigenvalue weighted by atomic mass is 10.1. The Bertz CT molecular complexity index is 1650. The SMILES string of the molecule is Cc1nc2sc(Cc3ccccc3)cc2c(=O)n1NC(=O)c1cccc(Cn2cc([N+](=O)[O-])cn2)c1. The maximum atomic E-state index is 13.2. The topological polar surface area (TPSA) is 125 Å². The van der Waals surface area contributed by atoms with Crippen molar-refractivity contribution < 1.29 is 9.72 Å². The molecule has 1 N–H and O–H groups in total. The van der Waals surface area contributed by atoms with Crippen LogP contribution in [0.3, 0.4) is 0 Å². The number of nitrogens with one attached hydrogen (secondary N) is 1. The maximum Gasteiger partial charge on any atom is 0.307 e. The van der Waals surface area contributed by atoms with Crippen LogP contribution in [0.4, 0.5) is 5.69 Å². The van der Waals surface area contributed by atoms with Crippen LogP contribution in [0.15, 0.2) is 77.9 Å². The van der Waals surface area contributed by atoms with E-state index in [1.807, 2.05) is 36.4 Å². The van der Waals surface area contributed by atoms with E-state index in [-0.39, 0.29) is 17.8 Å². The van der Waals surface area contributed by atoms with E-state index in [4.69, 9.17) is 0 Å². The van der Waals surface area contributed by atoms with Crippen molar-refractivity contribution >= 4 is 33.1 Å². The number of amides is 1. The minimum Gasteiger partial charge on any atom is -0.267 e. The molecule has 2 aromatic carbocycles. The van der Waals surface area contributed by atoms with Gasteiger partial charge in [0.25, 0.3) is 11.5 Å². The van der Waals surface area contributed by atoms with E-state index in [2.05, 4.69) is 15.5 Å². The summed E-state index contributed by atoms with van der Waals surface area (Å²) in [5.41, 5.74) is 4.39. The van der Waals surface area contributed by atoms with E-state index in [0.717, 1.165) is 20.7 Å². The van der Waals surface area contributed by atoms with E-state index in [1.54, 1.807) is 31.2 Å². The molecule has 0 aliphatic carbocycles. The number of nitrogens with zero attached hydrogens (tertiary/aromatic N) is 5. The molecule has 36 heavy (non-hydrogen) atoms. The summed E-state index contributed by atoms with van der Waals surface area (Å²) < 4.78 is 2.58. The molecule has 0 saturated heterocycles. The molecule has 5 aromatic rings. The number of aryl methyl sites for hydroxylation is 1. The molecule has 3 aromatic heterocycles. The zero-order chi connectivity index (χ0) is 25.2. The average Bonchev–Trinajstić information content (AvgIpc) is 3.49. The molecule has 180 valence electrons. The van der Waals surface area contributed by atoms with E-state index in [9.17, 15) is 19.7 Å². The number of benzene rings is 2. The molecule has 0 atom stereocenters. The highest BCUT2D eigenvalue weighted by atomic mass is 32.1. The third-order valence-corrected chi connectivity index (χ3v) is 6.61. The fourth-order valence-electron chi connectivity index (χ4n) is 3.85. The second-order valence-electron chi connectivity index (χ2n) is 8.19. The lowest BCUT2D eigenvalue weighted by molar-refractivity contribution is -0.385. The summed E-state index contributed by atoms with van der Waals surface area (Å²) in [6, 6.07) is 18.6. The quantitative estimate of drug-likeness (QED) is 0.267. The summed E-state index contributed by atoms with van der Waals surface area (Å²) in [6.07, 6.45) is 3.19. The average molecular weight is 501 g/mol. The summed E-state index contributed by atoms with van der Waals surface area (Å²) in [5.74, 6) is -0.108. The summed E-state index contributed by atoms with van der Waals surface area (Å²) in [5, 5.41) is 15.3. The Morgan fingerprint density at radius 1 is 1.11 bits per heavy atom. The van der Waals surface area contributed by atoms with Gasteiger partial charge in [-0.05, 0) is 36.2 Å². The van der Waals surface area contributed by atoms with Crippen LogP contribution in [-0.4, -0.2) is 30.3 Å². The van der Waals surface area contributed by atoms with Crippen LogP contribution in [0.2, 0.25) is 0 Å². The van der Waals surface area contributed by atoms with E-state index in [1.165, 1.54) is 28.4 Å². The first-order valence-corrected chi connectivity index (χ1v) is 11.8. The highest BCUT2D eigenvalue weighted by Gasteiger charge is 2.16. The number of hydrogen-bond donors (Lipinski definition) is 1. The van der Waals surface area contributed by atoms with Crippen molar-refractivity contribution in [1.82, 2.24) is 19.4 Å². The molecule has 5 rings (SSSR count). The first-order valence-electron chi connectivity index (χ1n) is 11.0. The van der Waals surface area contributed by atoms with Gasteiger partial charge in [-0.1, -0.05) is 42.5 Å². The van der Waals surface area contributed by atoms with Gasteiger partial charge in [-0.25, -0.2) is 9.66 Å². The number of aromatic nitrogens is 4. The van der Waals surface area contributed by atoms with Crippen molar-refractivity contribution in [3.8, 4) is 0 Å². The van der Waals surface area contributed by atoms with Crippen molar-refractivity contribution in [3.05, 3.63) is 121 Å². The highest BCUT2D eigenvalue weighted by molar-refractivity contribution is 7.18. The third-order valence-electron chi connectivity index (χ3n) is 5.58. The number of hydrogen-bond acceptors (Lipinski definition) is 7. The second kappa shape index (κ2) is 9.55. The second-order valence-corrected chi connectivity index (χ2v) is 9.30. The van der Waals surface area contributed by atoms with Crippen molar-refractivity contribution in [2.24, 2.45) is 0 Å². The fourth-order valence-corrected chi connectivity index (χ4v) is 4.94. The fraction of sp³-hybridized carbons (Fsp3) is 0.120. The summed E-state index contributed by atoms with van der Waals surface area (Å²) >= 11 is 1.46. The first kappa shape index (κ1) is 23.1. The number of carbonyl (C=O) groups is 1. The molecule has 0 spiro atoms. The summed E-state index contributed by atoms with van der Waals surface area (Å²) in [7, 11) is 0. The molecule has 1 amide bonds. The Hall–Kier alpha value is -4.64. The van der Waals surface area contributed by atoms with Crippen LogP contribution in [-0.2, 0) is 13.0 Å². The Balaban J connectivity index is 1.37. The Morgan fingerprint density at radius 2 is 1.89 bits per heavy atom. The van der Waals surface area contributed by atoms with Crippen molar-refractivity contribution in [3.63, 3.8) is 0 Å². The van der Waals surface area contributed by atoms with Crippen LogP contribution in [0.5, 0.6) is 0 Å². The number of carbonyl (C=O) groups excluding carboxylic acids is 1. The highest BCUT2D eigenvalue weighted by Crippen LogP contribution is 2.24. The van der Waals surface area contributed by atoms with Crippen molar-refractivity contribution in [1.29, 1.82) is 0 Å². The molecule has 11 heteroatoms. The van der Waals surface area contributed by atoms with E-state index >= 15 is 0 Å². The Labute approximate surface area is 208 Å². The zero-order valence-corrected chi connectivity index (χ0v) is 19.9. The largest absolute Gasteiger partial charge is 0.307 e. The number of fused-ring (bicyclic) bond motifs is 1. The van der Waals surface area contributed by atoms with Crippen LogP contribution in [0.1, 0.15) is 32.2 Å². The van der Waals surface area contributed by atoms with Crippen LogP contribution in [0.25, 0.3) is 10.2 Å². The van der Waals surface area contributed by atoms with Gasteiger partial charge in [0, 0.05) is 16.9 Å². The van der Waals surface area contributed by atoms with Gasteiger partial charge in [-0.3, -0.25) is 29.8 Å². The van der Waals surface area contributed by atoms with E-state index in [0.29, 0.717) is 28.0 Å². The van der Waals surface area contributed by atoms with Crippen molar-refractivity contribution in [2.75, 3.05) is 5.43 Å². The number of nitro groups is 1. The Morgan fingerprint density at radius 3 is 2.64 bits per heavy atom. The molecule has 0 radical (unpaired) electrons. The molecule has 0 bridgehead atoms. The zero-order valence-electron chi connectivity index (χ0n) is 19.1. The molecular weight excluding hydrogens is 480 g/mol. The van der Waals surface area contributed by atoms with Gasteiger partial charge >= 0.3 is 5.69 Å².